The monoisotopic (exact) mass is 602 g/mol. The van der Waals surface area contributed by atoms with Crippen LogP contribution in [0.4, 0.5) is 0 Å². The Morgan fingerprint density at radius 3 is 2.40 bits per heavy atom. The zero-order valence-electron chi connectivity index (χ0n) is 25.4. The molecule has 1 unspecified atom stereocenters. The molecule has 234 valence electrons. The second-order valence-electron chi connectivity index (χ2n) is 14.5. The molecule has 8 nitrogen and oxygen atoms in total. The molecule has 10 atom stereocenters. The van der Waals surface area contributed by atoms with Gasteiger partial charge in [0.1, 0.15) is 0 Å². The van der Waals surface area contributed by atoms with Gasteiger partial charge < -0.3 is 15.7 Å². The quantitative estimate of drug-likeness (QED) is 0.299. The van der Waals surface area contributed by atoms with Crippen molar-refractivity contribution in [3.63, 3.8) is 0 Å². The van der Waals surface area contributed by atoms with Gasteiger partial charge in [-0.3, -0.25) is 14.1 Å². The first kappa shape index (κ1) is 31.5. The van der Waals surface area contributed by atoms with Crippen molar-refractivity contribution in [3.8, 4) is 0 Å². The summed E-state index contributed by atoms with van der Waals surface area (Å²) in [4.78, 5) is 25.9. The molecule has 1 aromatic rings. The lowest BCUT2D eigenvalue weighted by atomic mass is 9.43. The van der Waals surface area contributed by atoms with Gasteiger partial charge in [0, 0.05) is 24.6 Å². The third-order valence-corrected chi connectivity index (χ3v) is 13.0. The van der Waals surface area contributed by atoms with Crippen LogP contribution in [-0.4, -0.2) is 54.3 Å². The molecule has 4 aliphatic carbocycles. The number of fused-ring (bicyclic) bond motifs is 5. The van der Waals surface area contributed by atoms with Crippen LogP contribution >= 0.6 is 0 Å². The Morgan fingerprint density at radius 1 is 1.00 bits per heavy atom. The smallest absolute Gasteiger partial charge is 0.266 e. The summed E-state index contributed by atoms with van der Waals surface area (Å²) in [5.41, 5.74) is 1.01. The minimum absolute atomic E-state index is 0.00508. The summed E-state index contributed by atoms with van der Waals surface area (Å²) in [5.74, 6) is 2.00. The second kappa shape index (κ2) is 12.2. The normalized spacial score (nSPS) is 38.5. The van der Waals surface area contributed by atoms with Crippen molar-refractivity contribution in [3.05, 3.63) is 35.9 Å². The summed E-state index contributed by atoms with van der Waals surface area (Å²) in [5, 5.41) is 16.7. The van der Waals surface area contributed by atoms with Crippen LogP contribution in [0.3, 0.4) is 0 Å². The molecule has 4 N–H and O–H groups in total. The first-order chi connectivity index (χ1) is 19.8. The van der Waals surface area contributed by atoms with Crippen LogP contribution in [0.5, 0.6) is 0 Å². The number of hydrogen-bond donors (Lipinski definition) is 4. The maximum Gasteiger partial charge on any atom is 0.266 e. The van der Waals surface area contributed by atoms with Crippen molar-refractivity contribution < 1.29 is 27.7 Å². The maximum atomic E-state index is 13.5. The minimum Gasteiger partial charge on any atom is -0.393 e. The molecule has 0 aliphatic heterocycles. The fourth-order valence-corrected chi connectivity index (χ4v) is 10.5. The number of nitrogens with one attached hydrogen (secondary N) is 2. The molecule has 0 radical (unpaired) electrons. The van der Waals surface area contributed by atoms with Gasteiger partial charge in [-0.05, 0) is 116 Å². The molecule has 2 amide bonds. The lowest BCUT2D eigenvalue weighted by Gasteiger charge is -2.63. The van der Waals surface area contributed by atoms with E-state index in [4.69, 9.17) is 4.55 Å². The fraction of sp³-hybridized carbons (Fsp3) is 0.758. The van der Waals surface area contributed by atoms with Crippen molar-refractivity contribution in [2.75, 3.05) is 12.3 Å². The molecule has 4 aliphatic rings. The van der Waals surface area contributed by atoms with Crippen LogP contribution in [0, 0.1) is 46.3 Å². The van der Waals surface area contributed by atoms with Crippen molar-refractivity contribution in [1.29, 1.82) is 0 Å². The number of aliphatic hydroxyl groups is 1. The molecular weight excluding hydrogens is 552 g/mol. The van der Waals surface area contributed by atoms with Crippen LogP contribution in [-0.2, 0) is 14.9 Å². The van der Waals surface area contributed by atoms with Gasteiger partial charge in [0.15, 0.2) is 0 Å². The third-order valence-electron chi connectivity index (χ3n) is 12.3. The zero-order chi connectivity index (χ0) is 30.3. The third kappa shape index (κ3) is 6.29. The van der Waals surface area contributed by atoms with Gasteiger partial charge in [-0.1, -0.05) is 39.0 Å². The zero-order valence-corrected chi connectivity index (χ0v) is 26.2. The number of carbonyl (C=O) groups is 2. The number of aliphatic hydroxyl groups excluding tert-OH is 1. The van der Waals surface area contributed by atoms with Gasteiger partial charge in [-0.25, -0.2) is 0 Å². The minimum atomic E-state index is -4.09. The van der Waals surface area contributed by atoms with E-state index in [9.17, 15) is 23.1 Å². The first-order valence-corrected chi connectivity index (χ1v) is 17.7. The standard InChI is InChI=1S/C33H50N2O6S/c1-21(9-12-29(37)34-17-18-42(39,40)41)25-10-11-26-30-27(14-16-33(25,26)3)32(2)15-13-24(36)19-23(32)20-28(30)35-31(38)22-7-5-4-6-8-22/h4-8,21,23-28,30,36H,9-20H2,1-3H3,(H,34,37)(H,35,38)(H,39,40,41)/t21-,23?,24-,25-,26+,27+,28+,30+,32+,33-/m1/s1. The van der Waals surface area contributed by atoms with Crippen LogP contribution in [0.2, 0.25) is 0 Å². The van der Waals surface area contributed by atoms with Crippen molar-refractivity contribution in [2.24, 2.45) is 46.3 Å². The van der Waals surface area contributed by atoms with E-state index in [0.29, 0.717) is 47.5 Å². The average Bonchev–Trinajstić information content (AvgIpc) is 3.29. The molecule has 4 fully saturated rings. The van der Waals surface area contributed by atoms with E-state index in [2.05, 4.69) is 31.4 Å². The Hall–Kier alpha value is -1.97. The molecule has 0 heterocycles. The fourth-order valence-electron chi connectivity index (χ4n) is 10.2. The van der Waals surface area contributed by atoms with E-state index < -0.39 is 15.9 Å². The Labute approximate surface area is 251 Å². The SMILES string of the molecule is C[C@H](CCC(=O)NCCS(=O)(=O)O)[C@H]1CC[C@H]2[C@@H]3[C@@H](NC(=O)c4ccccc4)CC4C[C@H](O)CC[C@]4(C)[C@H]3CC[C@]12C. The Morgan fingerprint density at radius 2 is 1.69 bits per heavy atom. The van der Waals surface area contributed by atoms with Gasteiger partial charge in [0.2, 0.25) is 5.91 Å². The van der Waals surface area contributed by atoms with Crippen LogP contribution in [0.15, 0.2) is 30.3 Å². The number of carbonyl (C=O) groups excluding carboxylic acids is 2. The Kier molecular flexibility index (Phi) is 9.13. The van der Waals surface area contributed by atoms with E-state index in [1.54, 1.807) is 0 Å². The molecule has 1 aromatic carbocycles. The van der Waals surface area contributed by atoms with Gasteiger partial charge >= 0.3 is 0 Å². The Balaban J connectivity index is 1.32. The second-order valence-corrected chi connectivity index (χ2v) is 16.1. The number of benzene rings is 1. The largest absolute Gasteiger partial charge is 0.393 e. The van der Waals surface area contributed by atoms with E-state index >= 15 is 0 Å². The summed E-state index contributed by atoms with van der Waals surface area (Å²) in [6.45, 7) is 7.11. The highest BCUT2D eigenvalue weighted by Gasteiger charge is 2.63. The molecule has 5 rings (SSSR count). The summed E-state index contributed by atoms with van der Waals surface area (Å²) in [6.07, 6.45) is 9.04. The Bertz CT molecular complexity index is 1240. The van der Waals surface area contributed by atoms with Crippen LogP contribution in [0.1, 0.15) is 95.3 Å². The first-order valence-electron chi connectivity index (χ1n) is 16.1. The van der Waals surface area contributed by atoms with E-state index in [1.165, 1.54) is 0 Å². The summed E-state index contributed by atoms with van der Waals surface area (Å²) in [7, 11) is -4.09. The van der Waals surface area contributed by atoms with Crippen LogP contribution in [0.25, 0.3) is 0 Å². The molecular formula is C33H50N2O6S. The molecule has 42 heavy (non-hydrogen) atoms. The van der Waals surface area contributed by atoms with Crippen molar-refractivity contribution in [1.82, 2.24) is 10.6 Å². The maximum absolute atomic E-state index is 13.5. The topological polar surface area (TPSA) is 133 Å². The van der Waals surface area contributed by atoms with E-state index in [-0.39, 0.29) is 41.3 Å². The number of hydrogen-bond acceptors (Lipinski definition) is 5. The molecule has 0 aromatic heterocycles. The molecule has 9 heteroatoms. The highest BCUT2D eigenvalue weighted by atomic mass is 32.2. The lowest BCUT2D eigenvalue weighted by molar-refractivity contribution is -0.140. The van der Waals surface area contributed by atoms with Gasteiger partial charge in [-0.15, -0.1) is 0 Å². The number of rotatable bonds is 9. The van der Waals surface area contributed by atoms with E-state index in [0.717, 1.165) is 57.8 Å². The molecule has 0 bridgehead atoms. The van der Waals surface area contributed by atoms with Crippen molar-refractivity contribution in [2.45, 2.75) is 97.1 Å². The number of amides is 2. The van der Waals surface area contributed by atoms with Gasteiger partial charge in [0.25, 0.3) is 16.0 Å². The average molecular weight is 603 g/mol. The van der Waals surface area contributed by atoms with Gasteiger partial charge in [-0.2, -0.15) is 8.42 Å². The van der Waals surface area contributed by atoms with E-state index in [1.807, 2.05) is 30.3 Å². The highest BCUT2D eigenvalue weighted by Crippen LogP contribution is 2.68. The molecule has 0 saturated heterocycles. The lowest BCUT2D eigenvalue weighted by Crippen LogP contribution is -2.62. The van der Waals surface area contributed by atoms with Gasteiger partial charge in [0.05, 0.1) is 11.9 Å². The predicted molar refractivity (Wildman–Crippen MR) is 162 cm³/mol. The predicted octanol–water partition coefficient (Wildman–Crippen LogP) is 4.84. The highest BCUT2D eigenvalue weighted by molar-refractivity contribution is 7.85. The summed E-state index contributed by atoms with van der Waals surface area (Å²) < 4.78 is 30.8. The summed E-state index contributed by atoms with van der Waals surface area (Å²) in [6, 6.07) is 9.57. The summed E-state index contributed by atoms with van der Waals surface area (Å²) >= 11 is 0. The molecule has 4 saturated carbocycles. The molecule has 0 spiro atoms. The van der Waals surface area contributed by atoms with Crippen molar-refractivity contribution >= 4 is 21.9 Å². The van der Waals surface area contributed by atoms with Crippen LogP contribution < -0.4 is 10.6 Å².